The number of para-hydroxylation sites is 1. The minimum atomic E-state index is 0.0243. The third-order valence-electron chi connectivity index (χ3n) is 4.00. The third kappa shape index (κ3) is 4.10. The number of benzene rings is 2. The summed E-state index contributed by atoms with van der Waals surface area (Å²) in [6, 6.07) is 18.1. The number of nitrogens with zero attached hydrogens (tertiary/aromatic N) is 2. The van der Waals surface area contributed by atoms with Gasteiger partial charge in [0.15, 0.2) is 0 Å². The summed E-state index contributed by atoms with van der Waals surface area (Å²) in [6.45, 7) is 2.74. The van der Waals surface area contributed by atoms with Crippen LogP contribution in [-0.4, -0.2) is 22.2 Å². The van der Waals surface area contributed by atoms with Gasteiger partial charge in [-0.15, -0.1) is 0 Å². The minimum Gasteiger partial charge on any atom is -0.355 e. The van der Waals surface area contributed by atoms with Gasteiger partial charge in [0.25, 0.3) is 0 Å². The summed E-state index contributed by atoms with van der Waals surface area (Å²) in [6.07, 6.45) is 4.84. The highest BCUT2D eigenvalue weighted by Crippen LogP contribution is 2.09. The minimum absolute atomic E-state index is 0.0243. The molecular weight excluding hydrogens is 298 g/mol. The fraction of sp³-hybridized carbons (Fsp3) is 0.200. The molecule has 24 heavy (non-hydrogen) atoms. The van der Waals surface area contributed by atoms with Crippen LogP contribution in [0, 0.1) is 6.92 Å². The number of aryl methyl sites for hydroxylation is 1. The van der Waals surface area contributed by atoms with Crippen LogP contribution in [-0.2, 0) is 17.6 Å². The van der Waals surface area contributed by atoms with Crippen molar-refractivity contribution in [2.75, 3.05) is 6.54 Å². The molecule has 0 bridgehead atoms. The van der Waals surface area contributed by atoms with Crippen LogP contribution in [0.15, 0.2) is 67.0 Å². The van der Waals surface area contributed by atoms with Gasteiger partial charge in [-0.25, -0.2) is 4.68 Å². The molecule has 0 unspecified atom stereocenters. The number of hydrogen-bond donors (Lipinski definition) is 1. The van der Waals surface area contributed by atoms with Crippen LogP contribution < -0.4 is 5.32 Å². The van der Waals surface area contributed by atoms with Gasteiger partial charge in [-0.1, -0.05) is 42.5 Å². The van der Waals surface area contributed by atoms with Gasteiger partial charge in [-0.05, 0) is 42.2 Å². The molecule has 0 fully saturated rings. The number of nitrogens with one attached hydrogen (secondary N) is 1. The van der Waals surface area contributed by atoms with Crippen molar-refractivity contribution in [1.29, 1.82) is 0 Å². The van der Waals surface area contributed by atoms with Crippen molar-refractivity contribution in [2.24, 2.45) is 0 Å². The highest BCUT2D eigenvalue weighted by Gasteiger charge is 2.07. The molecule has 0 aliphatic rings. The number of carbonyl (C=O) groups is 1. The lowest BCUT2D eigenvalue weighted by Gasteiger charge is -2.07. The van der Waals surface area contributed by atoms with E-state index in [-0.39, 0.29) is 5.91 Å². The average Bonchev–Trinajstić information content (AvgIpc) is 3.06. The number of aromatic nitrogens is 2. The lowest BCUT2D eigenvalue weighted by molar-refractivity contribution is -0.120. The Morgan fingerprint density at radius 3 is 2.62 bits per heavy atom. The van der Waals surface area contributed by atoms with Crippen molar-refractivity contribution < 1.29 is 4.79 Å². The van der Waals surface area contributed by atoms with E-state index in [1.54, 1.807) is 10.9 Å². The van der Waals surface area contributed by atoms with E-state index in [9.17, 15) is 4.79 Å². The van der Waals surface area contributed by atoms with Crippen molar-refractivity contribution in [1.82, 2.24) is 15.1 Å². The summed E-state index contributed by atoms with van der Waals surface area (Å²) >= 11 is 0. The van der Waals surface area contributed by atoms with Gasteiger partial charge >= 0.3 is 0 Å². The second kappa shape index (κ2) is 7.59. The van der Waals surface area contributed by atoms with E-state index in [1.165, 1.54) is 11.1 Å². The van der Waals surface area contributed by atoms with E-state index in [0.717, 1.165) is 17.7 Å². The Morgan fingerprint density at radius 1 is 1.08 bits per heavy atom. The smallest absolute Gasteiger partial charge is 0.224 e. The number of amides is 1. The molecule has 0 saturated carbocycles. The molecule has 1 aromatic heterocycles. The van der Waals surface area contributed by atoms with Crippen LogP contribution in [0.1, 0.15) is 16.7 Å². The third-order valence-corrected chi connectivity index (χ3v) is 4.00. The standard InChI is InChI=1S/C20H21N3O/c1-16-7-5-6-8-18(16)11-12-21-20(24)13-17-14-22-23(15-17)19-9-3-2-4-10-19/h2-10,14-15H,11-13H2,1H3,(H,21,24). The number of rotatable bonds is 6. The molecule has 0 saturated heterocycles. The van der Waals surface area contributed by atoms with E-state index >= 15 is 0 Å². The fourth-order valence-electron chi connectivity index (χ4n) is 2.65. The molecule has 122 valence electrons. The molecule has 0 aliphatic heterocycles. The summed E-state index contributed by atoms with van der Waals surface area (Å²) in [5.74, 6) is 0.0243. The zero-order valence-corrected chi connectivity index (χ0v) is 13.8. The molecule has 3 aromatic rings. The zero-order valence-electron chi connectivity index (χ0n) is 13.8. The van der Waals surface area contributed by atoms with Crippen LogP contribution in [0.5, 0.6) is 0 Å². The quantitative estimate of drug-likeness (QED) is 0.759. The maximum absolute atomic E-state index is 12.1. The molecule has 0 spiro atoms. The molecule has 4 heteroatoms. The summed E-state index contributed by atoms with van der Waals surface area (Å²) in [5, 5.41) is 7.30. The molecule has 0 atom stereocenters. The zero-order chi connectivity index (χ0) is 16.8. The first-order valence-electron chi connectivity index (χ1n) is 8.12. The van der Waals surface area contributed by atoms with E-state index in [2.05, 4.69) is 29.5 Å². The van der Waals surface area contributed by atoms with Crippen LogP contribution >= 0.6 is 0 Å². The SMILES string of the molecule is Cc1ccccc1CCNC(=O)Cc1cnn(-c2ccccc2)c1. The van der Waals surface area contributed by atoms with E-state index in [1.807, 2.05) is 48.7 Å². The lowest BCUT2D eigenvalue weighted by atomic mass is 10.1. The summed E-state index contributed by atoms with van der Waals surface area (Å²) < 4.78 is 1.79. The van der Waals surface area contributed by atoms with Crippen LogP contribution in [0.25, 0.3) is 5.69 Å². The highest BCUT2D eigenvalue weighted by atomic mass is 16.1. The van der Waals surface area contributed by atoms with E-state index < -0.39 is 0 Å². The van der Waals surface area contributed by atoms with Crippen molar-refractivity contribution in [3.05, 3.63) is 83.7 Å². The molecule has 3 rings (SSSR count). The predicted octanol–water partition coefficient (Wildman–Crippen LogP) is 3.08. The van der Waals surface area contributed by atoms with E-state index in [4.69, 9.17) is 0 Å². The summed E-state index contributed by atoms with van der Waals surface area (Å²) in [5.41, 5.74) is 4.43. The first-order chi connectivity index (χ1) is 11.7. The van der Waals surface area contributed by atoms with Crippen molar-refractivity contribution in [2.45, 2.75) is 19.8 Å². The maximum Gasteiger partial charge on any atom is 0.224 e. The summed E-state index contributed by atoms with van der Waals surface area (Å²) in [4.78, 5) is 12.1. The highest BCUT2D eigenvalue weighted by molar-refractivity contribution is 5.78. The second-order valence-corrected chi connectivity index (χ2v) is 5.83. The van der Waals surface area contributed by atoms with Gasteiger partial charge in [0, 0.05) is 12.7 Å². The lowest BCUT2D eigenvalue weighted by Crippen LogP contribution is -2.27. The maximum atomic E-state index is 12.1. The molecule has 0 radical (unpaired) electrons. The molecule has 1 N–H and O–H groups in total. The Balaban J connectivity index is 1.51. The first-order valence-corrected chi connectivity index (χ1v) is 8.12. The Hall–Kier alpha value is -2.88. The molecule has 0 aliphatic carbocycles. The van der Waals surface area contributed by atoms with Crippen molar-refractivity contribution in [3.63, 3.8) is 0 Å². The second-order valence-electron chi connectivity index (χ2n) is 5.83. The monoisotopic (exact) mass is 319 g/mol. The number of carbonyl (C=O) groups excluding carboxylic acids is 1. The fourth-order valence-corrected chi connectivity index (χ4v) is 2.65. The van der Waals surface area contributed by atoms with Gasteiger partial charge in [0.1, 0.15) is 0 Å². The Kier molecular flexibility index (Phi) is 5.06. The normalized spacial score (nSPS) is 10.5. The van der Waals surface area contributed by atoms with Crippen molar-refractivity contribution in [3.8, 4) is 5.69 Å². The molecule has 4 nitrogen and oxygen atoms in total. The van der Waals surface area contributed by atoms with Gasteiger partial charge in [-0.2, -0.15) is 5.10 Å². The van der Waals surface area contributed by atoms with Crippen molar-refractivity contribution >= 4 is 5.91 Å². The Labute approximate surface area is 142 Å². The first kappa shape index (κ1) is 16.0. The molecular formula is C20H21N3O. The predicted molar refractivity (Wildman–Crippen MR) is 95.2 cm³/mol. The topological polar surface area (TPSA) is 46.9 Å². The van der Waals surface area contributed by atoms with Gasteiger partial charge < -0.3 is 5.32 Å². The van der Waals surface area contributed by atoms with Gasteiger partial charge in [0.2, 0.25) is 5.91 Å². The molecule has 2 aromatic carbocycles. The molecule has 1 amide bonds. The van der Waals surface area contributed by atoms with Crippen LogP contribution in [0.4, 0.5) is 0 Å². The number of hydrogen-bond acceptors (Lipinski definition) is 2. The molecule has 1 heterocycles. The largest absolute Gasteiger partial charge is 0.355 e. The van der Waals surface area contributed by atoms with Crippen LogP contribution in [0.3, 0.4) is 0 Å². The average molecular weight is 319 g/mol. The summed E-state index contributed by atoms with van der Waals surface area (Å²) in [7, 11) is 0. The van der Waals surface area contributed by atoms with E-state index in [0.29, 0.717) is 13.0 Å². The van der Waals surface area contributed by atoms with Gasteiger partial charge in [0.05, 0.1) is 18.3 Å². The van der Waals surface area contributed by atoms with Crippen LogP contribution in [0.2, 0.25) is 0 Å². The Morgan fingerprint density at radius 2 is 1.83 bits per heavy atom. The van der Waals surface area contributed by atoms with Gasteiger partial charge in [-0.3, -0.25) is 4.79 Å². The Bertz CT molecular complexity index is 809.